The third-order valence-corrected chi connectivity index (χ3v) is 3.86. The number of alkyl halides is 1. The number of carbonyl (C=O) groups is 1. The van der Waals surface area contributed by atoms with Crippen LogP contribution in [0.4, 0.5) is 9.93 Å². The summed E-state index contributed by atoms with van der Waals surface area (Å²) >= 11 is 7.04. The molecule has 0 saturated heterocycles. The third kappa shape index (κ3) is 5.73. The molecule has 2 aromatic rings. The van der Waals surface area contributed by atoms with E-state index in [-0.39, 0.29) is 6.61 Å². The largest absolute Gasteiger partial charge is 0.444 e. The van der Waals surface area contributed by atoms with Crippen LogP contribution in [0.3, 0.4) is 0 Å². The normalized spacial score (nSPS) is 10.3. The van der Waals surface area contributed by atoms with E-state index in [0.29, 0.717) is 11.0 Å². The van der Waals surface area contributed by atoms with E-state index >= 15 is 0 Å². The Morgan fingerprint density at radius 1 is 1.29 bits per heavy atom. The van der Waals surface area contributed by atoms with E-state index in [1.165, 1.54) is 11.3 Å². The van der Waals surface area contributed by atoms with Gasteiger partial charge in [0.25, 0.3) is 0 Å². The first-order valence-electron chi connectivity index (χ1n) is 6.76. The van der Waals surface area contributed by atoms with Crippen LogP contribution in [0.1, 0.15) is 24.1 Å². The SMILES string of the molecule is O=C(Nc1nc(CCCCCl)cs1)OCc1ccccc1. The Hall–Kier alpha value is -1.59. The first-order valence-corrected chi connectivity index (χ1v) is 8.17. The molecule has 0 atom stereocenters. The summed E-state index contributed by atoms with van der Waals surface area (Å²) in [5, 5.41) is 5.15. The fourth-order valence-corrected chi connectivity index (χ4v) is 2.65. The second-order valence-corrected chi connectivity index (χ2v) is 5.71. The average molecular weight is 325 g/mol. The van der Waals surface area contributed by atoms with Gasteiger partial charge in [-0.25, -0.2) is 9.78 Å². The fraction of sp³-hybridized carbons (Fsp3) is 0.333. The molecule has 6 heteroatoms. The van der Waals surface area contributed by atoms with Crippen LogP contribution in [0.15, 0.2) is 35.7 Å². The molecule has 1 N–H and O–H groups in total. The molecule has 0 aliphatic rings. The Balaban J connectivity index is 1.75. The Morgan fingerprint density at radius 3 is 2.86 bits per heavy atom. The lowest BCUT2D eigenvalue weighted by molar-refractivity contribution is 0.155. The molecule has 0 fully saturated rings. The Morgan fingerprint density at radius 2 is 2.10 bits per heavy atom. The van der Waals surface area contributed by atoms with Crippen LogP contribution in [0.2, 0.25) is 0 Å². The zero-order valence-corrected chi connectivity index (χ0v) is 13.1. The molecule has 1 amide bonds. The maximum atomic E-state index is 11.7. The highest BCUT2D eigenvalue weighted by Crippen LogP contribution is 2.17. The molecule has 1 heterocycles. The molecule has 0 radical (unpaired) electrons. The van der Waals surface area contributed by atoms with Gasteiger partial charge in [-0.05, 0) is 24.8 Å². The topological polar surface area (TPSA) is 51.2 Å². The summed E-state index contributed by atoms with van der Waals surface area (Å²) in [5.41, 5.74) is 1.93. The predicted octanol–water partition coefficient (Wildman–Crippen LogP) is 4.45. The van der Waals surface area contributed by atoms with Crippen LogP contribution in [-0.4, -0.2) is 17.0 Å². The molecule has 112 valence electrons. The number of aryl methyl sites for hydroxylation is 1. The van der Waals surface area contributed by atoms with Gasteiger partial charge in [0.15, 0.2) is 5.13 Å². The van der Waals surface area contributed by atoms with Gasteiger partial charge in [0.05, 0.1) is 5.69 Å². The summed E-state index contributed by atoms with van der Waals surface area (Å²) in [5.74, 6) is 0.668. The summed E-state index contributed by atoms with van der Waals surface area (Å²) < 4.78 is 5.14. The first-order chi connectivity index (χ1) is 10.3. The highest BCUT2D eigenvalue weighted by atomic mass is 35.5. The Labute approximate surface area is 133 Å². The van der Waals surface area contributed by atoms with Gasteiger partial charge in [-0.1, -0.05) is 30.3 Å². The number of nitrogens with one attached hydrogen (secondary N) is 1. The second kappa shape index (κ2) is 8.64. The number of ether oxygens (including phenoxy) is 1. The van der Waals surface area contributed by atoms with Crippen LogP contribution in [-0.2, 0) is 17.8 Å². The molecule has 0 saturated carbocycles. The summed E-state index contributed by atoms with van der Waals surface area (Å²) in [6.07, 6.45) is 2.37. The van der Waals surface area contributed by atoms with Crippen molar-refractivity contribution in [3.05, 3.63) is 47.0 Å². The van der Waals surface area contributed by atoms with E-state index in [4.69, 9.17) is 16.3 Å². The summed E-state index contributed by atoms with van der Waals surface area (Å²) in [4.78, 5) is 16.0. The number of unbranched alkanes of at least 4 members (excludes halogenated alkanes) is 1. The van der Waals surface area contributed by atoms with Crippen LogP contribution in [0.25, 0.3) is 0 Å². The molecule has 1 aromatic heterocycles. The molecule has 0 aliphatic heterocycles. The van der Waals surface area contributed by atoms with E-state index in [1.807, 2.05) is 35.7 Å². The molecular weight excluding hydrogens is 308 g/mol. The second-order valence-electron chi connectivity index (χ2n) is 4.48. The highest BCUT2D eigenvalue weighted by molar-refractivity contribution is 7.13. The lowest BCUT2D eigenvalue weighted by atomic mass is 10.2. The standard InChI is InChI=1S/C15H17ClN2O2S/c16-9-5-4-8-13-11-21-14(17-13)18-15(19)20-10-12-6-2-1-3-7-12/h1-3,6-7,11H,4-5,8-10H2,(H,17,18,19). The Bertz CT molecular complexity index is 560. The minimum atomic E-state index is -0.486. The number of aromatic nitrogens is 1. The highest BCUT2D eigenvalue weighted by Gasteiger charge is 2.07. The number of thiazole rings is 1. The van der Waals surface area contributed by atoms with Crippen molar-refractivity contribution >= 4 is 34.2 Å². The number of carbonyl (C=O) groups excluding carboxylic acids is 1. The molecule has 0 aliphatic carbocycles. The Kier molecular flexibility index (Phi) is 6.50. The van der Waals surface area contributed by atoms with Crippen molar-refractivity contribution in [2.45, 2.75) is 25.9 Å². The lowest BCUT2D eigenvalue weighted by Crippen LogP contribution is -2.13. The summed E-state index contributed by atoms with van der Waals surface area (Å²) in [6, 6.07) is 9.55. The van der Waals surface area contributed by atoms with E-state index in [1.54, 1.807) is 0 Å². The molecule has 2 rings (SSSR count). The minimum absolute atomic E-state index is 0.251. The van der Waals surface area contributed by atoms with Crippen molar-refractivity contribution in [3.63, 3.8) is 0 Å². The van der Waals surface area contributed by atoms with Crippen LogP contribution in [0, 0.1) is 0 Å². The molecule has 0 spiro atoms. The van der Waals surface area contributed by atoms with Crippen molar-refractivity contribution in [1.82, 2.24) is 4.98 Å². The van der Waals surface area contributed by atoms with Crippen molar-refractivity contribution < 1.29 is 9.53 Å². The number of halogens is 1. The number of hydrogen-bond donors (Lipinski definition) is 1. The minimum Gasteiger partial charge on any atom is -0.444 e. The van der Waals surface area contributed by atoms with E-state index in [2.05, 4.69) is 10.3 Å². The zero-order chi connectivity index (χ0) is 14.9. The maximum Gasteiger partial charge on any atom is 0.413 e. The molecule has 0 bridgehead atoms. The van der Waals surface area contributed by atoms with Crippen molar-refractivity contribution in [2.75, 3.05) is 11.2 Å². The molecule has 1 aromatic carbocycles. The molecule has 21 heavy (non-hydrogen) atoms. The molecule has 4 nitrogen and oxygen atoms in total. The first kappa shape index (κ1) is 15.8. The smallest absolute Gasteiger partial charge is 0.413 e. The average Bonchev–Trinajstić information content (AvgIpc) is 2.94. The quantitative estimate of drug-likeness (QED) is 0.604. The van der Waals surface area contributed by atoms with E-state index < -0.39 is 6.09 Å². The van der Waals surface area contributed by atoms with Crippen LogP contribution < -0.4 is 5.32 Å². The number of hydrogen-bond acceptors (Lipinski definition) is 4. The summed E-state index contributed by atoms with van der Waals surface area (Å²) in [6.45, 7) is 0.251. The van der Waals surface area contributed by atoms with Gasteiger partial charge in [-0.3, -0.25) is 5.32 Å². The van der Waals surface area contributed by atoms with Gasteiger partial charge >= 0.3 is 6.09 Å². The lowest BCUT2D eigenvalue weighted by Gasteiger charge is -2.04. The van der Waals surface area contributed by atoms with Gasteiger partial charge in [-0.2, -0.15) is 0 Å². The molecular formula is C15H17ClN2O2S. The maximum absolute atomic E-state index is 11.7. The van der Waals surface area contributed by atoms with Crippen LogP contribution >= 0.6 is 22.9 Å². The van der Waals surface area contributed by atoms with Gasteiger partial charge in [0, 0.05) is 11.3 Å². The van der Waals surface area contributed by atoms with Crippen LogP contribution in [0.5, 0.6) is 0 Å². The fourth-order valence-electron chi connectivity index (χ4n) is 1.73. The van der Waals surface area contributed by atoms with Crippen molar-refractivity contribution in [1.29, 1.82) is 0 Å². The number of benzene rings is 1. The number of amides is 1. The van der Waals surface area contributed by atoms with Gasteiger partial charge in [0.2, 0.25) is 0 Å². The van der Waals surface area contributed by atoms with E-state index in [9.17, 15) is 4.79 Å². The van der Waals surface area contributed by atoms with Gasteiger partial charge in [-0.15, -0.1) is 22.9 Å². The third-order valence-electron chi connectivity index (χ3n) is 2.79. The van der Waals surface area contributed by atoms with Gasteiger partial charge < -0.3 is 4.74 Å². The predicted molar refractivity (Wildman–Crippen MR) is 86.0 cm³/mol. The van der Waals surface area contributed by atoms with Gasteiger partial charge in [0.1, 0.15) is 6.61 Å². The zero-order valence-electron chi connectivity index (χ0n) is 11.5. The summed E-state index contributed by atoms with van der Waals surface area (Å²) in [7, 11) is 0. The number of nitrogens with zero attached hydrogens (tertiary/aromatic N) is 1. The monoisotopic (exact) mass is 324 g/mol. The molecule has 0 unspecified atom stereocenters. The van der Waals surface area contributed by atoms with E-state index in [0.717, 1.165) is 30.5 Å². The number of anilines is 1. The van der Waals surface area contributed by atoms with Crippen molar-refractivity contribution in [3.8, 4) is 0 Å². The van der Waals surface area contributed by atoms with Crippen molar-refractivity contribution in [2.24, 2.45) is 0 Å². The number of rotatable bonds is 7.